The first kappa shape index (κ1) is 14.7. The maximum Gasteiger partial charge on any atom is 0.192 e. The second-order valence-corrected chi connectivity index (χ2v) is 6.36. The maximum absolute atomic E-state index is 13.0. The van der Waals surface area contributed by atoms with Gasteiger partial charge in [0.15, 0.2) is 5.78 Å². The fourth-order valence-corrected chi connectivity index (χ4v) is 3.59. The average Bonchev–Trinajstić information content (AvgIpc) is 2.87. The van der Waals surface area contributed by atoms with Gasteiger partial charge < -0.3 is 5.32 Å². The number of ketones is 1. The van der Waals surface area contributed by atoms with Crippen molar-refractivity contribution < 1.29 is 4.79 Å². The molecular formula is C20H13ClN2O. The van der Waals surface area contributed by atoms with E-state index in [1.165, 1.54) is 0 Å². The lowest BCUT2D eigenvalue weighted by atomic mass is 9.80. The monoisotopic (exact) mass is 332 g/mol. The summed E-state index contributed by atoms with van der Waals surface area (Å²) in [7, 11) is 0. The van der Waals surface area contributed by atoms with Gasteiger partial charge in [-0.15, -0.1) is 0 Å². The lowest BCUT2D eigenvalue weighted by Gasteiger charge is -2.27. The number of nitrogens with zero attached hydrogens (tertiary/aromatic N) is 1. The zero-order chi connectivity index (χ0) is 16.8. The largest absolute Gasteiger partial charge is 0.357 e. The van der Waals surface area contributed by atoms with E-state index in [-0.39, 0.29) is 11.7 Å². The molecule has 4 heteroatoms. The van der Waals surface area contributed by atoms with Crippen molar-refractivity contribution in [3.05, 3.63) is 87.1 Å². The number of rotatable bonds is 1. The van der Waals surface area contributed by atoms with E-state index in [0.717, 1.165) is 22.5 Å². The minimum Gasteiger partial charge on any atom is -0.357 e. The van der Waals surface area contributed by atoms with Gasteiger partial charge in [0.05, 0.1) is 23.3 Å². The summed E-state index contributed by atoms with van der Waals surface area (Å²) in [5, 5.41) is 13.6. The van der Waals surface area contributed by atoms with Crippen LogP contribution in [0, 0.1) is 11.3 Å². The van der Waals surface area contributed by atoms with E-state index in [9.17, 15) is 10.1 Å². The van der Waals surface area contributed by atoms with Gasteiger partial charge in [0.25, 0.3) is 0 Å². The summed E-state index contributed by atoms with van der Waals surface area (Å²) in [5.74, 6) is -0.392. The Morgan fingerprint density at radius 2 is 1.75 bits per heavy atom. The summed E-state index contributed by atoms with van der Waals surface area (Å²) in [6, 6.07) is 17.2. The number of fused-ring (bicyclic) bond motifs is 2. The number of dihydropyridines is 1. The van der Waals surface area contributed by atoms with Crippen molar-refractivity contribution >= 4 is 23.1 Å². The van der Waals surface area contributed by atoms with Crippen LogP contribution in [0.2, 0.25) is 5.02 Å². The fraction of sp³-hybridized carbons (Fsp3) is 0.100. The fourth-order valence-electron chi connectivity index (χ4n) is 3.47. The van der Waals surface area contributed by atoms with E-state index in [0.29, 0.717) is 21.7 Å². The van der Waals surface area contributed by atoms with Gasteiger partial charge in [-0.05, 0) is 24.6 Å². The Morgan fingerprint density at radius 3 is 2.42 bits per heavy atom. The molecule has 0 saturated carbocycles. The van der Waals surface area contributed by atoms with Crippen LogP contribution in [-0.4, -0.2) is 5.78 Å². The number of allylic oxidation sites excluding steroid dienone is 3. The molecule has 116 valence electrons. The summed E-state index contributed by atoms with van der Waals surface area (Å²) in [5.41, 5.74) is 5.27. The predicted molar refractivity (Wildman–Crippen MR) is 93.3 cm³/mol. The van der Waals surface area contributed by atoms with E-state index in [1.807, 2.05) is 43.3 Å². The van der Waals surface area contributed by atoms with Crippen LogP contribution in [-0.2, 0) is 0 Å². The molecule has 1 atom stereocenters. The molecule has 3 nitrogen and oxygen atoms in total. The average molecular weight is 333 g/mol. The van der Waals surface area contributed by atoms with Crippen LogP contribution in [0.1, 0.15) is 34.3 Å². The van der Waals surface area contributed by atoms with E-state index in [4.69, 9.17) is 11.6 Å². The van der Waals surface area contributed by atoms with Crippen LogP contribution < -0.4 is 5.32 Å². The van der Waals surface area contributed by atoms with Gasteiger partial charge in [-0.3, -0.25) is 4.79 Å². The van der Waals surface area contributed by atoms with E-state index < -0.39 is 0 Å². The Balaban J connectivity index is 1.95. The highest BCUT2D eigenvalue weighted by molar-refractivity contribution is 6.30. The highest BCUT2D eigenvalue weighted by Crippen LogP contribution is 2.46. The predicted octanol–water partition coefficient (Wildman–Crippen LogP) is 4.43. The SMILES string of the molecule is CC1=C(C#N)[C@H](c2ccc(Cl)cc2)C2=C(N1)c1ccccc1C2=O. The van der Waals surface area contributed by atoms with Crippen molar-refractivity contribution in [1.82, 2.24) is 5.32 Å². The Bertz CT molecular complexity index is 977. The molecule has 0 fully saturated rings. The van der Waals surface area contributed by atoms with Crippen molar-refractivity contribution in [2.75, 3.05) is 0 Å². The van der Waals surface area contributed by atoms with Crippen LogP contribution in [0.3, 0.4) is 0 Å². The molecule has 0 radical (unpaired) electrons. The number of benzene rings is 2. The minimum atomic E-state index is -0.372. The second-order valence-electron chi connectivity index (χ2n) is 5.92. The minimum absolute atomic E-state index is 0.0201. The number of halogens is 1. The Hall–Kier alpha value is -2.83. The summed E-state index contributed by atoms with van der Waals surface area (Å²) >= 11 is 5.99. The molecule has 2 aliphatic rings. The maximum atomic E-state index is 13.0. The molecule has 24 heavy (non-hydrogen) atoms. The molecule has 0 bridgehead atoms. The summed E-state index contributed by atoms with van der Waals surface area (Å²) in [6.45, 7) is 1.87. The first-order valence-electron chi connectivity index (χ1n) is 7.63. The molecule has 2 aromatic rings. The van der Waals surface area contributed by atoms with Gasteiger partial charge in [-0.1, -0.05) is 48.0 Å². The molecule has 1 aliphatic carbocycles. The van der Waals surface area contributed by atoms with Crippen molar-refractivity contribution in [1.29, 1.82) is 5.26 Å². The third-order valence-corrected chi connectivity index (χ3v) is 4.82. The number of carbonyl (C=O) groups is 1. The van der Waals surface area contributed by atoms with E-state index in [1.54, 1.807) is 12.1 Å². The molecule has 2 aromatic carbocycles. The first-order chi connectivity index (χ1) is 11.6. The third kappa shape index (κ3) is 2.01. The summed E-state index contributed by atoms with van der Waals surface area (Å²) < 4.78 is 0. The van der Waals surface area contributed by atoms with Gasteiger partial charge in [0, 0.05) is 27.4 Å². The molecule has 0 unspecified atom stereocenters. The van der Waals surface area contributed by atoms with E-state index in [2.05, 4.69) is 11.4 Å². The van der Waals surface area contributed by atoms with Crippen LogP contribution in [0.4, 0.5) is 0 Å². The molecule has 1 aliphatic heterocycles. The Kier molecular flexibility index (Phi) is 3.30. The van der Waals surface area contributed by atoms with Crippen LogP contribution in [0.15, 0.2) is 65.4 Å². The van der Waals surface area contributed by atoms with Gasteiger partial charge in [-0.2, -0.15) is 5.26 Å². The highest BCUT2D eigenvalue weighted by atomic mass is 35.5. The lowest BCUT2D eigenvalue weighted by Crippen LogP contribution is -2.24. The number of Topliss-reactive ketones (excluding diaryl/α,β-unsaturated/α-hetero) is 1. The van der Waals surface area contributed by atoms with E-state index >= 15 is 0 Å². The molecule has 4 rings (SSSR count). The van der Waals surface area contributed by atoms with Crippen molar-refractivity contribution in [2.45, 2.75) is 12.8 Å². The Labute approximate surface area is 144 Å². The van der Waals surface area contributed by atoms with Crippen LogP contribution in [0.5, 0.6) is 0 Å². The summed E-state index contributed by atoms with van der Waals surface area (Å²) in [4.78, 5) is 13.0. The van der Waals surface area contributed by atoms with Gasteiger partial charge in [-0.25, -0.2) is 0 Å². The smallest absolute Gasteiger partial charge is 0.192 e. The molecular weight excluding hydrogens is 320 g/mol. The molecule has 1 heterocycles. The Morgan fingerprint density at radius 1 is 1.08 bits per heavy atom. The van der Waals surface area contributed by atoms with Gasteiger partial charge in [0.2, 0.25) is 0 Å². The number of carbonyl (C=O) groups excluding carboxylic acids is 1. The first-order valence-corrected chi connectivity index (χ1v) is 8.01. The normalized spacial score (nSPS) is 18.9. The van der Waals surface area contributed by atoms with Gasteiger partial charge >= 0.3 is 0 Å². The van der Waals surface area contributed by atoms with Gasteiger partial charge in [0.1, 0.15) is 0 Å². The molecule has 0 amide bonds. The highest BCUT2D eigenvalue weighted by Gasteiger charge is 2.40. The number of hydrogen-bond acceptors (Lipinski definition) is 3. The molecule has 0 saturated heterocycles. The van der Waals surface area contributed by atoms with Crippen molar-refractivity contribution in [3.63, 3.8) is 0 Å². The number of hydrogen-bond donors (Lipinski definition) is 1. The second kappa shape index (κ2) is 5.36. The van der Waals surface area contributed by atoms with Crippen molar-refractivity contribution in [2.24, 2.45) is 0 Å². The molecule has 0 aromatic heterocycles. The zero-order valence-corrected chi connectivity index (χ0v) is 13.7. The third-order valence-electron chi connectivity index (χ3n) is 4.57. The van der Waals surface area contributed by atoms with Crippen LogP contribution in [0.25, 0.3) is 5.70 Å². The quantitative estimate of drug-likeness (QED) is 0.840. The summed E-state index contributed by atoms with van der Waals surface area (Å²) in [6.07, 6.45) is 0. The lowest BCUT2D eigenvalue weighted by molar-refractivity contribution is 0.103. The van der Waals surface area contributed by atoms with Crippen LogP contribution >= 0.6 is 11.6 Å². The standard InChI is InChI=1S/C20H13ClN2O/c1-11-16(10-22)17(12-6-8-13(21)9-7-12)18-19(23-11)14-4-2-3-5-15(14)20(18)24/h2-9,17,23H,1H3/t17-/m0/s1. The molecule has 0 spiro atoms. The zero-order valence-electron chi connectivity index (χ0n) is 12.9. The molecule has 1 N–H and O–H groups in total. The van der Waals surface area contributed by atoms with Crippen molar-refractivity contribution in [3.8, 4) is 6.07 Å². The number of nitriles is 1. The number of nitrogens with one attached hydrogen (secondary N) is 1. The topological polar surface area (TPSA) is 52.9 Å².